The third-order valence-electron chi connectivity index (χ3n) is 2.87. The maximum absolute atomic E-state index is 9.20. The predicted molar refractivity (Wildman–Crippen MR) is 86.9 cm³/mol. The molecule has 0 aliphatic rings. The third-order valence-corrected chi connectivity index (χ3v) is 2.87. The van der Waals surface area contributed by atoms with Crippen LogP contribution in [0.2, 0.25) is 0 Å². The standard InChI is InChI=1S/2C8H18O3/c2*1-2-3-4-8(10)7-11-6-5-9/h2*8-10H,2-7H2,1H3. The average molecular weight is 324 g/mol. The van der Waals surface area contributed by atoms with E-state index in [0.717, 1.165) is 38.5 Å². The van der Waals surface area contributed by atoms with E-state index in [4.69, 9.17) is 19.7 Å². The van der Waals surface area contributed by atoms with Crippen molar-refractivity contribution in [3.63, 3.8) is 0 Å². The van der Waals surface area contributed by atoms with E-state index in [-0.39, 0.29) is 25.4 Å². The quantitative estimate of drug-likeness (QED) is 0.357. The molecule has 0 amide bonds. The van der Waals surface area contributed by atoms with Crippen LogP contribution in [0, 0.1) is 0 Å². The minimum absolute atomic E-state index is 0.0283. The lowest BCUT2D eigenvalue weighted by atomic mass is 10.2. The first kappa shape index (κ1) is 24.0. The van der Waals surface area contributed by atoms with Gasteiger partial charge in [0.15, 0.2) is 0 Å². The first-order valence-electron chi connectivity index (χ1n) is 8.35. The lowest BCUT2D eigenvalue weighted by molar-refractivity contribution is 0.0171. The van der Waals surface area contributed by atoms with E-state index in [1.165, 1.54) is 0 Å². The van der Waals surface area contributed by atoms with Crippen LogP contribution < -0.4 is 0 Å². The van der Waals surface area contributed by atoms with Crippen molar-refractivity contribution in [2.75, 3.05) is 39.6 Å². The highest BCUT2D eigenvalue weighted by atomic mass is 16.5. The number of unbranched alkanes of at least 4 members (excludes halogenated alkanes) is 2. The highest BCUT2D eigenvalue weighted by molar-refractivity contribution is 4.53. The number of aliphatic hydroxyl groups excluding tert-OH is 4. The second-order valence-electron chi connectivity index (χ2n) is 5.19. The molecule has 6 nitrogen and oxygen atoms in total. The maximum atomic E-state index is 9.20. The average Bonchev–Trinajstić information content (AvgIpc) is 2.52. The molecule has 2 atom stereocenters. The van der Waals surface area contributed by atoms with Crippen molar-refractivity contribution in [2.45, 2.75) is 64.6 Å². The van der Waals surface area contributed by atoms with Crippen molar-refractivity contribution in [3.8, 4) is 0 Å². The summed E-state index contributed by atoms with van der Waals surface area (Å²) in [7, 11) is 0. The monoisotopic (exact) mass is 324 g/mol. The number of hydrogen-bond acceptors (Lipinski definition) is 6. The van der Waals surface area contributed by atoms with Crippen LogP contribution in [0.1, 0.15) is 52.4 Å². The molecule has 0 aromatic heterocycles. The molecule has 22 heavy (non-hydrogen) atoms. The molecule has 0 aliphatic carbocycles. The van der Waals surface area contributed by atoms with Crippen molar-refractivity contribution in [1.82, 2.24) is 0 Å². The zero-order valence-electron chi connectivity index (χ0n) is 14.2. The summed E-state index contributed by atoms with van der Waals surface area (Å²) >= 11 is 0. The SMILES string of the molecule is CCCCC(O)COCCO.CCCCC(O)COCCO. The molecule has 0 saturated heterocycles. The molecule has 2 unspecified atom stereocenters. The molecule has 0 heterocycles. The molecular formula is C16H36O6. The van der Waals surface area contributed by atoms with Crippen LogP contribution in [0.4, 0.5) is 0 Å². The summed E-state index contributed by atoms with van der Waals surface area (Å²) in [5.41, 5.74) is 0. The van der Waals surface area contributed by atoms with Crippen LogP contribution in [0.3, 0.4) is 0 Å². The predicted octanol–water partition coefficient (Wildman–Crippen LogP) is 1.09. The van der Waals surface area contributed by atoms with Crippen molar-refractivity contribution in [3.05, 3.63) is 0 Å². The van der Waals surface area contributed by atoms with Gasteiger partial charge in [0, 0.05) is 0 Å². The normalized spacial score (nSPS) is 13.4. The highest BCUT2D eigenvalue weighted by Crippen LogP contribution is 2.00. The van der Waals surface area contributed by atoms with Gasteiger partial charge in [-0.25, -0.2) is 0 Å². The van der Waals surface area contributed by atoms with Crippen molar-refractivity contribution < 1.29 is 29.9 Å². The molecule has 0 spiro atoms. The third kappa shape index (κ3) is 22.0. The molecule has 0 aromatic rings. The van der Waals surface area contributed by atoms with E-state index in [9.17, 15) is 10.2 Å². The molecule has 136 valence electrons. The van der Waals surface area contributed by atoms with E-state index < -0.39 is 0 Å². The van der Waals surface area contributed by atoms with Crippen LogP contribution in [0.25, 0.3) is 0 Å². The van der Waals surface area contributed by atoms with Crippen LogP contribution in [0.15, 0.2) is 0 Å². The molecule has 0 radical (unpaired) electrons. The minimum atomic E-state index is -0.360. The summed E-state index contributed by atoms with van der Waals surface area (Å²) in [6.07, 6.45) is 5.12. The van der Waals surface area contributed by atoms with E-state index in [1.54, 1.807) is 0 Å². The van der Waals surface area contributed by atoms with Gasteiger partial charge in [0.25, 0.3) is 0 Å². The summed E-state index contributed by atoms with van der Waals surface area (Å²) in [5, 5.41) is 35.1. The first-order chi connectivity index (χ1) is 10.6. The first-order valence-corrected chi connectivity index (χ1v) is 8.35. The van der Waals surface area contributed by atoms with Crippen LogP contribution in [-0.2, 0) is 9.47 Å². The van der Waals surface area contributed by atoms with Gasteiger partial charge in [-0.15, -0.1) is 0 Å². The number of rotatable bonds is 14. The fourth-order valence-electron chi connectivity index (χ4n) is 1.61. The van der Waals surface area contributed by atoms with Gasteiger partial charge in [0.05, 0.1) is 51.8 Å². The Morgan fingerprint density at radius 2 is 1.09 bits per heavy atom. The largest absolute Gasteiger partial charge is 0.394 e. The minimum Gasteiger partial charge on any atom is -0.394 e. The molecule has 0 aliphatic heterocycles. The summed E-state index contributed by atoms with van der Waals surface area (Å²) in [4.78, 5) is 0. The Labute approximate surface area is 135 Å². The second kappa shape index (κ2) is 20.8. The Morgan fingerprint density at radius 1 is 0.727 bits per heavy atom. The maximum Gasteiger partial charge on any atom is 0.0773 e. The van der Waals surface area contributed by atoms with Crippen LogP contribution in [0.5, 0.6) is 0 Å². The summed E-state index contributed by atoms with van der Waals surface area (Å²) in [6.45, 7) is 5.57. The topological polar surface area (TPSA) is 99.4 Å². The summed E-state index contributed by atoms with van der Waals surface area (Å²) < 4.78 is 9.88. The molecule has 6 heteroatoms. The molecule has 0 aromatic carbocycles. The number of ether oxygens (including phenoxy) is 2. The Balaban J connectivity index is 0. The van der Waals surface area contributed by atoms with E-state index >= 15 is 0 Å². The van der Waals surface area contributed by atoms with Gasteiger partial charge < -0.3 is 29.9 Å². The molecular weight excluding hydrogens is 288 g/mol. The van der Waals surface area contributed by atoms with Gasteiger partial charge in [-0.1, -0.05) is 39.5 Å². The summed E-state index contributed by atoms with van der Waals surface area (Å²) in [6, 6.07) is 0. The van der Waals surface area contributed by atoms with Gasteiger partial charge in [0.1, 0.15) is 0 Å². The van der Waals surface area contributed by atoms with Gasteiger partial charge in [-0.05, 0) is 12.8 Å². The molecule has 0 rings (SSSR count). The lowest BCUT2D eigenvalue weighted by Crippen LogP contribution is -2.16. The Bertz CT molecular complexity index is 171. The van der Waals surface area contributed by atoms with E-state index in [2.05, 4.69) is 13.8 Å². The van der Waals surface area contributed by atoms with Gasteiger partial charge in [-0.2, -0.15) is 0 Å². The number of aliphatic hydroxyl groups is 4. The zero-order valence-corrected chi connectivity index (χ0v) is 14.2. The summed E-state index contributed by atoms with van der Waals surface area (Å²) in [5.74, 6) is 0. The zero-order chi connectivity index (χ0) is 17.1. The Hall–Kier alpha value is -0.240. The van der Waals surface area contributed by atoms with Crippen molar-refractivity contribution in [1.29, 1.82) is 0 Å². The molecule has 0 saturated carbocycles. The van der Waals surface area contributed by atoms with Crippen LogP contribution >= 0.6 is 0 Å². The number of hydrogen-bond donors (Lipinski definition) is 4. The van der Waals surface area contributed by atoms with Gasteiger partial charge in [-0.3, -0.25) is 0 Å². The fraction of sp³-hybridized carbons (Fsp3) is 1.00. The Morgan fingerprint density at radius 3 is 1.36 bits per heavy atom. The van der Waals surface area contributed by atoms with Crippen molar-refractivity contribution >= 4 is 0 Å². The van der Waals surface area contributed by atoms with Gasteiger partial charge in [0.2, 0.25) is 0 Å². The molecule has 0 fully saturated rings. The Kier molecular flexibility index (Phi) is 22.7. The molecule has 4 N–H and O–H groups in total. The van der Waals surface area contributed by atoms with E-state index in [0.29, 0.717) is 26.4 Å². The smallest absolute Gasteiger partial charge is 0.0773 e. The van der Waals surface area contributed by atoms with Crippen molar-refractivity contribution in [2.24, 2.45) is 0 Å². The van der Waals surface area contributed by atoms with Crippen LogP contribution in [-0.4, -0.2) is 72.3 Å². The van der Waals surface area contributed by atoms with Gasteiger partial charge >= 0.3 is 0 Å². The molecule has 0 bridgehead atoms. The highest BCUT2D eigenvalue weighted by Gasteiger charge is 2.02. The second-order valence-corrected chi connectivity index (χ2v) is 5.19. The fourth-order valence-corrected chi connectivity index (χ4v) is 1.61. The lowest BCUT2D eigenvalue weighted by Gasteiger charge is -2.09. The van der Waals surface area contributed by atoms with E-state index in [1.807, 2.05) is 0 Å².